The van der Waals surface area contributed by atoms with Crippen molar-refractivity contribution < 1.29 is 23.8 Å². The van der Waals surface area contributed by atoms with E-state index in [1.54, 1.807) is 6.92 Å². The molecule has 1 fully saturated rings. The van der Waals surface area contributed by atoms with Crippen LogP contribution in [0.2, 0.25) is 0 Å². The molecule has 4 atom stereocenters. The Morgan fingerprint density at radius 2 is 1.88 bits per heavy atom. The Kier molecular flexibility index (Phi) is 6.96. The molecule has 1 heterocycles. The van der Waals surface area contributed by atoms with E-state index in [1.807, 2.05) is 44.2 Å². The fourth-order valence-electron chi connectivity index (χ4n) is 2.77. The quantitative estimate of drug-likeness (QED) is 0.814. The minimum Gasteiger partial charge on any atom is -0.463 e. The largest absolute Gasteiger partial charge is 0.463 e. The van der Waals surface area contributed by atoms with Crippen molar-refractivity contribution >= 4 is 11.9 Å². The van der Waals surface area contributed by atoms with Gasteiger partial charge in [0.1, 0.15) is 24.9 Å². The Balaban J connectivity index is 2.28. The van der Waals surface area contributed by atoms with Crippen LogP contribution in [0.25, 0.3) is 0 Å². The molecule has 0 saturated carbocycles. The number of carbonyl (C=O) groups is 2. The number of hydrogen-bond acceptors (Lipinski definition) is 6. The van der Waals surface area contributed by atoms with Crippen LogP contribution in [0.3, 0.4) is 0 Å². The maximum absolute atomic E-state index is 12.7. The second-order valence-corrected chi connectivity index (χ2v) is 6.87. The molecule has 6 nitrogen and oxygen atoms in total. The normalized spacial score (nSPS) is 27.9. The van der Waals surface area contributed by atoms with Gasteiger partial charge in [-0.3, -0.25) is 9.59 Å². The van der Waals surface area contributed by atoms with Crippen LogP contribution in [-0.2, 0) is 30.2 Å². The predicted octanol–water partition coefficient (Wildman–Crippen LogP) is 1.70. The van der Waals surface area contributed by atoms with Crippen molar-refractivity contribution in [1.29, 1.82) is 0 Å². The molecule has 0 spiro atoms. The number of carbonyl (C=O) groups excluding carboxylic acids is 2. The number of hydrogen-bond donors (Lipinski definition) is 1. The average molecular weight is 349 g/mol. The van der Waals surface area contributed by atoms with Crippen molar-refractivity contribution in [2.75, 3.05) is 13.2 Å². The summed E-state index contributed by atoms with van der Waals surface area (Å²) in [5.74, 6) is -1.29. The van der Waals surface area contributed by atoms with Gasteiger partial charge in [0.15, 0.2) is 0 Å². The molecule has 0 aliphatic carbocycles. The smallest absolute Gasteiger partial charge is 0.326 e. The SMILES string of the molecule is CC(C)COC1[C@H](C)OC(=O)[C@@H](N)COC(=O)[C@@H]1Cc1ccccc1. The summed E-state index contributed by atoms with van der Waals surface area (Å²) in [6, 6.07) is 8.66. The third-order valence-corrected chi connectivity index (χ3v) is 4.09. The Labute approximate surface area is 148 Å². The molecule has 1 aliphatic heterocycles. The summed E-state index contributed by atoms with van der Waals surface area (Å²) in [5, 5.41) is 0. The third-order valence-electron chi connectivity index (χ3n) is 4.09. The van der Waals surface area contributed by atoms with Crippen LogP contribution >= 0.6 is 0 Å². The average Bonchev–Trinajstić information content (AvgIpc) is 2.61. The molecule has 0 radical (unpaired) electrons. The first-order valence-electron chi connectivity index (χ1n) is 8.66. The minimum atomic E-state index is -0.979. The van der Waals surface area contributed by atoms with Gasteiger partial charge in [-0.15, -0.1) is 0 Å². The van der Waals surface area contributed by atoms with Gasteiger partial charge in [0.05, 0.1) is 5.92 Å². The van der Waals surface area contributed by atoms with Crippen molar-refractivity contribution in [3.8, 4) is 0 Å². The Bertz CT molecular complexity index is 574. The zero-order valence-corrected chi connectivity index (χ0v) is 15.0. The Hall–Kier alpha value is -1.92. The molecule has 2 N–H and O–H groups in total. The summed E-state index contributed by atoms with van der Waals surface area (Å²) in [7, 11) is 0. The van der Waals surface area contributed by atoms with E-state index in [4.69, 9.17) is 19.9 Å². The van der Waals surface area contributed by atoms with Gasteiger partial charge in [-0.1, -0.05) is 44.2 Å². The monoisotopic (exact) mass is 349 g/mol. The van der Waals surface area contributed by atoms with Gasteiger partial charge in [0.25, 0.3) is 0 Å². The number of benzene rings is 1. The Morgan fingerprint density at radius 1 is 1.20 bits per heavy atom. The van der Waals surface area contributed by atoms with Crippen LogP contribution < -0.4 is 5.73 Å². The van der Waals surface area contributed by atoms with Gasteiger partial charge in [-0.2, -0.15) is 0 Å². The summed E-state index contributed by atoms with van der Waals surface area (Å²) < 4.78 is 16.7. The highest BCUT2D eigenvalue weighted by Gasteiger charge is 2.39. The molecular weight excluding hydrogens is 322 g/mol. The lowest BCUT2D eigenvalue weighted by molar-refractivity contribution is -0.164. The standard InChI is InChI=1S/C19H27NO5/c1-12(2)10-23-17-13(3)25-19(22)16(20)11-24-18(21)15(17)9-14-7-5-4-6-8-14/h4-8,12-13,15-17H,9-11,20H2,1-3H3/t13-,15+,16-,17?/m0/s1. The highest BCUT2D eigenvalue weighted by atomic mass is 16.6. The molecule has 1 aliphatic rings. The molecule has 0 bridgehead atoms. The highest BCUT2D eigenvalue weighted by Crippen LogP contribution is 2.24. The van der Waals surface area contributed by atoms with Crippen LogP contribution in [0.4, 0.5) is 0 Å². The van der Waals surface area contributed by atoms with Gasteiger partial charge in [0.2, 0.25) is 0 Å². The van der Waals surface area contributed by atoms with E-state index in [2.05, 4.69) is 0 Å². The number of nitrogens with two attached hydrogens (primary N) is 1. The second kappa shape index (κ2) is 8.97. The maximum atomic E-state index is 12.7. The molecule has 2 rings (SSSR count). The van der Waals surface area contributed by atoms with E-state index in [1.165, 1.54) is 0 Å². The summed E-state index contributed by atoms with van der Waals surface area (Å²) in [5.41, 5.74) is 6.71. The molecular formula is C19H27NO5. The van der Waals surface area contributed by atoms with Crippen LogP contribution in [0, 0.1) is 11.8 Å². The number of esters is 2. The highest BCUT2D eigenvalue weighted by molar-refractivity contribution is 5.78. The lowest BCUT2D eigenvalue weighted by Gasteiger charge is -2.30. The van der Waals surface area contributed by atoms with Crippen molar-refractivity contribution in [3.63, 3.8) is 0 Å². The fourth-order valence-corrected chi connectivity index (χ4v) is 2.77. The molecule has 1 unspecified atom stereocenters. The van der Waals surface area contributed by atoms with Crippen molar-refractivity contribution in [3.05, 3.63) is 35.9 Å². The van der Waals surface area contributed by atoms with Gasteiger partial charge < -0.3 is 19.9 Å². The number of ether oxygens (including phenoxy) is 3. The summed E-state index contributed by atoms with van der Waals surface area (Å²) >= 11 is 0. The topological polar surface area (TPSA) is 87.8 Å². The van der Waals surface area contributed by atoms with E-state index in [0.29, 0.717) is 13.0 Å². The molecule has 6 heteroatoms. The lowest BCUT2D eigenvalue weighted by Crippen LogP contribution is -2.43. The first-order valence-corrected chi connectivity index (χ1v) is 8.66. The van der Waals surface area contributed by atoms with E-state index in [0.717, 1.165) is 5.56 Å². The zero-order chi connectivity index (χ0) is 18.4. The molecule has 138 valence electrons. The number of cyclic esters (lactones) is 2. The predicted molar refractivity (Wildman–Crippen MR) is 92.7 cm³/mol. The summed E-state index contributed by atoms with van der Waals surface area (Å²) in [4.78, 5) is 24.6. The molecule has 0 aromatic heterocycles. The van der Waals surface area contributed by atoms with Crippen LogP contribution in [0.1, 0.15) is 26.3 Å². The number of rotatable bonds is 5. The molecule has 0 amide bonds. The first kappa shape index (κ1) is 19.4. The third kappa shape index (κ3) is 5.54. The van der Waals surface area contributed by atoms with Crippen LogP contribution in [0.5, 0.6) is 0 Å². The molecule has 1 saturated heterocycles. The first-order chi connectivity index (χ1) is 11.9. The second-order valence-electron chi connectivity index (χ2n) is 6.87. The maximum Gasteiger partial charge on any atom is 0.326 e. The lowest BCUT2D eigenvalue weighted by atomic mass is 9.91. The fraction of sp³-hybridized carbons (Fsp3) is 0.579. The van der Waals surface area contributed by atoms with E-state index >= 15 is 0 Å². The van der Waals surface area contributed by atoms with Gasteiger partial charge >= 0.3 is 11.9 Å². The molecule has 1 aromatic carbocycles. The van der Waals surface area contributed by atoms with Gasteiger partial charge in [-0.05, 0) is 24.8 Å². The van der Waals surface area contributed by atoms with E-state index in [-0.39, 0.29) is 12.5 Å². The van der Waals surface area contributed by atoms with Crippen molar-refractivity contribution in [2.45, 2.75) is 45.4 Å². The van der Waals surface area contributed by atoms with Crippen LogP contribution in [-0.4, -0.2) is 43.4 Å². The molecule has 1 aromatic rings. The van der Waals surface area contributed by atoms with Crippen molar-refractivity contribution in [1.82, 2.24) is 0 Å². The summed E-state index contributed by atoms with van der Waals surface area (Å²) in [6.45, 7) is 6.04. The van der Waals surface area contributed by atoms with Gasteiger partial charge in [-0.25, -0.2) is 0 Å². The minimum absolute atomic E-state index is 0.188. The van der Waals surface area contributed by atoms with Gasteiger partial charge in [0, 0.05) is 6.61 Å². The van der Waals surface area contributed by atoms with Crippen LogP contribution in [0.15, 0.2) is 30.3 Å². The van der Waals surface area contributed by atoms with E-state index in [9.17, 15) is 9.59 Å². The summed E-state index contributed by atoms with van der Waals surface area (Å²) in [6.07, 6.45) is -0.749. The zero-order valence-electron chi connectivity index (χ0n) is 15.0. The van der Waals surface area contributed by atoms with Crippen molar-refractivity contribution in [2.24, 2.45) is 17.6 Å². The Morgan fingerprint density at radius 3 is 2.52 bits per heavy atom. The molecule has 25 heavy (non-hydrogen) atoms. The van der Waals surface area contributed by atoms with E-state index < -0.39 is 36.1 Å².